The Morgan fingerprint density at radius 3 is 2.67 bits per heavy atom. The number of hydrogen-bond donors (Lipinski definition) is 2. The van der Waals surface area contributed by atoms with Crippen LogP contribution in [0.4, 0.5) is 0 Å². The first-order chi connectivity index (χ1) is 8.45. The van der Waals surface area contributed by atoms with E-state index < -0.39 is 5.60 Å². The second-order valence-electron chi connectivity index (χ2n) is 5.40. The molecule has 5 heteroatoms. The van der Waals surface area contributed by atoms with Gasteiger partial charge in [0.25, 0.3) is 0 Å². The molecule has 2 rings (SSSR count). The van der Waals surface area contributed by atoms with Gasteiger partial charge in [0.05, 0.1) is 22.0 Å². The Bertz CT molecular complexity index is 422. The SMILES string of the molecule is CCn1nc(C)c(Cl)c1CC1(O)CCC(N)CC1. The minimum absolute atomic E-state index is 0.235. The van der Waals surface area contributed by atoms with Gasteiger partial charge in [-0.2, -0.15) is 5.10 Å². The van der Waals surface area contributed by atoms with E-state index in [1.165, 1.54) is 0 Å². The molecule has 0 aliphatic heterocycles. The third-order valence-electron chi connectivity index (χ3n) is 3.91. The molecule has 1 fully saturated rings. The first kappa shape index (κ1) is 13.8. The number of halogens is 1. The van der Waals surface area contributed by atoms with Crippen LogP contribution in [0.15, 0.2) is 0 Å². The molecule has 1 aliphatic rings. The third kappa shape index (κ3) is 2.71. The summed E-state index contributed by atoms with van der Waals surface area (Å²) in [7, 11) is 0. The van der Waals surface area contributed by atoms with Crippen molar-refractivity contribution < 1.29 is 5.11 Å². The lowest BCUT2D eigenvalue weighted by Crippen LogP contribution is -2.41. The molecule has 102 valence electrons. The summed E-state index contributed by atoms with van der Waals surface area (Å²) in [6.07, 6.45) is 3.84. The van der Waals surface area contributed by atoms with Gasteiger partial charge in [-0.3, -0.25) is 4.68 Å². The zero-order valence-electron chi connectivity index (χ0n) is 11.1. The van der Waals surface area contributed by atoms with Crippen molar-refractivity contribution in [2.24, 2.45) is 5.73 Å². The minimum Gasteiger partial charge on any atom is -0.389 e. The van der Waals surface area contributed by atoms with Crippen LogP contribution in [-0.4, -0.2) is 26.5 Å². The van der Waals surface area contributed by atoms with Gasteiger partial charge in [0.2, 0.25) is 0 Å². The Morgan fingerprint density at radius 2 is 2.11 bits per heavy atom. The summed E-state index contributed by atoms with van der Waals surface area (Å²) in [4.78, 5) is 0. The summed E-state index contributed by atoms with van der Waals surface area (Å²) in [6, 6.07) is 0.235. The maximum Gasteiger partial charge on any atom is 0.0848 e. The molecule has 0 bridgehead atoms. The van der Waals surface area contributed by atoms with E-state index in [1.54, 1.807) is 0 Å². The Balaban J connectivity index is 2.18. The van der Waals surface area contributed by atoms with Gasteiger partial charge < -0.3 is 10.8 Å². The van der Waals surface area contributed by atoms with Crippen LogP contribution in [0, 0.1) is 6.92 Å². The standard InChI is InChI=1S/C13H22ClN3O/c1-3-17-11(12(14)9(2)16-17)8-13(18)6-4-10(15)5-7-13/h10,18H,3-8,15H2,1-2H3. The van der Waals surface area contributed by atoms with Crippen LogP contribution in [-0.2, 0) is 13.0 Å². The predicted molar refractivity (Wildman–Crippen MR) is 72.7 cm³/mol. The number of aryl methyl sites for hydroxylation is 2. The van der Waals surface area contributed by atoms with Crippen molar-refractivity contribution in [3.63, 3.8) is 0 Å². The molecule has 3 N–H and O–H groups in total. The molecule has 0 amide bonds. The lowest BCUT2D eigenvalue weighted by molar-refractivity contribution is -0.00142. The van der Waals surface area contributed by atoms with Crippen LogP contribution in [0.5, 0.6) is 0 Å². The summed E-state index contributed by atoms with van der Waals surface area (Å²) >= 11 is 6.28. The van der Waals surface area contributed by atoms with Crippen LogP contribution in [0.25, 0.3) is 0 Å². The van der Waals surface area contributed by atoms with Crippen LogP contribution < -0.4 is 5.73 Å². The summed E-state index contributed by atoms with van der Waals surface area (Å²) in [5.74, 6) is 0. The molecular formula is C13H22ClN3O. The Labute approximate surface area is 113 Å². The predicted octanol–water partition coefficient (Wildman–Crippen LogP) is 2.04. The fraction of sp³-hybridized carbons (Fsp3) is 0.769. The van der Waals surface area contributed by atoms with E-state index in [1.807, 2.05) is 18.5 Å². The minimum atomic E-state index is -0.668. The third-order valence-corrected chi connectivity index (χ3v) is 4.40. The average Bonchev–Trinajstić information content (AvgIpc) is 2.61. The number of aliphatic hydroxyl groups is 1. The summed E-state index contributed by atoms with van der Waals surface area (Å²) in [5.41, 5.74) is 7.01. The van der Waals surface area contributed by atoms with Crippen molar-refractivity contribution in [2.45, 2.75) is 64.1 Å². The van der Waals surface area contributed by atoms with E-state index in [-0.39, 0.29) is 6.04 Å². The molecule has 4 nitrogen and oxygen atoms in total. The highest BCUT2D eigenvalue weighted by Gasteiger charge is 2.34. The van der Waals surface area contributed by atoms with E-state index in [0.717, 1.165) is 43.6 Å². The van der Waals surface area contributed by atoms with E-state index in [0.29, 0.717) is 11.4 Å². The maximum atomic E-state index is 10.6. The molecule has 0 radical (unpaired) electrons. The van der Waals surface area contributed by atoms with E-state index in [9.17, 15) is 5.11 Å². The zero-order valence-corrected chi connectivity index (χ0v) is 11.9. The smallest absolute Gasteiger partial charge is 0.0848 e. The molecule has 0 atom stereocenters. The van der Waals surface area contributed by atoms with Crippen molar-refractivity contribution in [1.29, 1.82) is 0 Å². The van der Waals surface area contributed by atoms with Crippen molar-refractivity contribution >= 4 is 11.6 Å². The molecule has 0 spiro atoms. The summed E-state index contributed by atoms with van der Waals surface area (Å²) < 4.78 is 1.89. The van der Waals surface area contributed by atoms with E-state index in [4.69, 9.17) is 17.3 Å². The summed E-state index contributed by atoms with van der Waals surface area (Å²) in [6.45, 7) is 4.71. The molecule has 1 aliphatic carbocycles. The van der Waals surface area contributed by atoms with Gasteiger partial charge in [0, 0.05) is 19.0 Å². The van der Waals surface area contributed by atoms with Crippen LogP contribution in [0.1, 0.15) is 44.0 Å². The molecule has 0 unspecified atom stereocenters. The van der Waals surface area contributed by atoms with E-state index in [2.05, 4.69) is 5.10 Å². The molecule has 0 aromatic carbocycles. The largest absolute Gasteiger partial charge is 0.389 e. The van der Waals surface area contributed by atoms with Gasteiger partial charge in [0.1, 0.15) is 0 Å². The van der Waals surface area contributed by atoms with E-state index >= 15 is 0 Å². The molecule has 1 aromatic rings. The van der Waals surface area contributed by atoms with Gasteiger partial charge in [0.15, 0.2) is 0 Å². The second kappa shape index (κ2) is 5.19. The maximum absolute atomic E-state index is 10.6. The Morgan fingerprint density at radius 1 is 1.50 bits per heavy atom. The fourth-order valence-corrected chi connectivity index (χ4v) is 2.91. The molecular weight excluding hydrogens is 250 g/mol. The van der Waals surface area contributed by atoms with Gasteiger partial charge in [-0.25, -0.2) is 0 Å². The highest BCUT2D eigenvalue weighted by molar-refractivity contribution is 6.31. The zero-order chi connectivity index (χ0) is 13.3. The second-order valence-corrected chi connectivity index (χ2v) is 5.78. The molecule has 1 heterocycles. The number of nitrogens with zero attached hydrogens (tertiary/aromatic N) is 2. The number of nitrogens with two attached hydrogens (primary N) is 1. The molecule has 18 heavy (non-hydrogen) atoms. The summed E-state index contributed by atoms with van der Waals surface area (Å²) in [5, 5.41) is 15.7. The monoisotopic (exact) mass is 271 g/mol. The average molecular weight is 272 g/mol. The quantitative estimate of drug-likeness (QED) is 0.884. The Hall–Kier alpha value is -0.580. The first-order valence-electron chi connectivity index (χ1n) is 6.65. The molecule has 1 saturated carbocycles. The lowest BCUT2D eigenvalue weighted by atomic mass is 9.79. The molecule has 1 aromatic heterocycles. The first-order valence-corrected chi connectivity index (χ1v) is 7.03. The fourth-order valence-electron chi connectivity index (χ4n) is 2.70. The van der Waals surface area contributed by atoms with Gasteiger partial charge in [-0.1, -0.05) is 11.6 Å². The number of rotatable bonds is 3. The van der Waals surface area contributed by atoms with Crippen molar-refractivity contribution in [3.05, 3.63) is 16.4 Å². The lowest BCUT2D eigenvalue weighted by Gasteiger charge is -2.35. The number of hydrogen-bond acceptors (Lipinski definition) is 3. The van der Waals surface area contributed by atoms with Crippen LogP contribution in [0.3, 0.4) is 0 Å². The van der Waals surface area contributed by atoms with Crippen molar-refractivity contribution in [1.82, 2.24) is 9.78 Å². The normalized spacial score (nSPS) is 28.6. The highest BCUT2D eigenvalue weighted by atomic mass is 35.5. The Kier molecular flexibility index (Phi) is 3.99. The van der Waals surface area contributed by atoms with Gasteiger partial charge in [-0.15, -0.1) is 0 Å². The highest BCUT2D eigenvalue weighted by Crippen LogP contribution is 2.33. The number of aromatic nitrogens is 2. The van der Waals surface area contributed by atoms with Gasteiger partial charge >= 0.3 is 0 Å². The topological polar surface area (TPSA) is 64.1 Å². The van der Waals surface area contributed by atoms with Crippen LogP contribution in [0.2, 0.25) is 5.02 Å². The van der Waals surface area contributed by atoms with Crippen LogP contribution >= 0.6 is 11.6 Å². The van der Waals surface area contributed by atoms with Gasteiger partial charge in [-0.05, 0) is 39.5 Å². The van der Waals surface area contributed by atoms with Crippen molar-refractivity contribution in [2.75, 3.05) is 0 Å². The molecule has 0 saturated heterocycles. The van der Waals surface area contributed by atoms with Crippen molar-refractivity contribution in [3.8, 4) is 0 Å².